The summed E-state index contributed by atoms with van der Waals surface area (Å²) in [6.07, 6.45) is 1.39. The standard InChI is InChI=1S/C62H52O2P2/c1-43-39-51(41-49-27-21-25-47-23-17-19-37-57(47)49)61(63-65(53-29-9-5-10-30-53)54-31-11-6-12-32-54)59(45(43)3)60-46(4)44(2)40-52(42-50-28-22-26-48-24-18-20-38-58(48)50)62(60)64-66(55-33-13-7-14-34-55)56-35-15-8-16-36-56/h5-40H,41-42H2,1-4H3. The van der Waals surface area contributed by atoms with E-state index in [0.717, 1.165) is 55.0 Å². The predicted octanol–water partition coefficient (Wildman–Crippen LogP) is 14.9. The second-order valence-corrected chi connectivity index (χ2v) is 20.7. The molecule has 2 nitrogen and oxygen atoms in total. The van der Waals surface area contributed by atoms with Crippen molar-refractivity contribution >= 4 is 59.1 Å². The quantitative estimate of drug-likeness (QED) is 0.107. The van der Waals surface area contributed by atoms with Crippen molar-refractivity contribution in [2.45, 2.75) is 40.5 Å². The first-order valence-corrected chi connectivity index (χ1v) is 25.3. The van der Waals surface area contributed by atoms with Crippen LogP contribution in [0.3, 0.4) is 0 Å². The van der Waals surface area contributed by atoms with Crippen LogP contribution in [0, 0.1) is 27.7 Å². The Morgan fingerprint density at radius 1 is 0.318 bits per heavy atom. The monoisotopic (exact) mass is 890 g/mol. The van der Waals surface area contributed by atoms with Gasteiger partial charge in [0.05, 0.1) is 0 Å². The minimum atomic E-state index is -1.30. The van der Waals surface area contributed by atoms with E-state index in [2.05, 4.69) is 246 Å². The van der Waals surface area contributed by atoms with Gasteiger partial charge in [0.25, 0.3) is 0 Å². The number of aryl methyl sites for hydroxylation is 2. The third kappa shape index (κ3) is 8.80. The van der Waals surface area contributed by atoms with Crippen LogP contribution in [0.2, 0.25) is 0 Å². The van der Waals surface area contributed by atoms with E-state index in [1.54, 1.807) is 0 Å². The lowest BCUT2D eigenvalue weighted by atomic mass is 9.84. The molecule has 10 aromatic carbocycles. The maximum Gasteiger partial charge on any atom is 0.150 e. The van der Waals surface area contributed by atoms with Crippen molar-refractivity contribution in [1.82, 2.24) is 0 Å². The number of hydrogen-bond acceptors (Lipinski definition) is 2. The van der Waals surface area contributed by atoms with Crippen LogP contribution in [0.4, 0.5) is 0 Å². The highest BCUT2D eigenvalue weighted by atomic mass is 31.1. The second kappa shape index (κ2) is 19.3. The molecule has 0 unspecified atom stereocenters. The van der Waals surface area contributed by atoms with Crippen LogP contribution >= 0.6 is 16.3 Å². The van der Waals surface area contributed by atoms with Crippen LogP contribution < -0.4 is 30.3 Å². The Bertz CT molecular complexity index is 2980. The van der Waals surface area contributed by atoms with E-state index in [-0.39, 0.29) is 0 Å². The maximum atomic E-state index is 7.88. The van der Waals surface area contributed by atoms with Crippen molar-refractivity contribution in [3.8, 4) is 22.6 Å². The van der Waals surface area contributed by atoms with Crippen molar-refractivity contribution in [3.05, 3.63) is 263 Å². The first kappa shape index (κ1) is 43.1. The van der Waals surface area contributed by atoms with E-state index in [0.29, 0.717) is 12.8 Å². The molecule has 0 bridgehead atoms. The van der Waals surface area contributed by atoms with E-state index in [1.807, 2.05) is 0 Å². The van der Waals surface area contributed by atoms with E-state index in [4.69, 9.17) is 9.05 Å². The third-order valence-electron chi connectivity index (χ3n) is 12.9. The summed E-state index contributed by atoms with van der Waals surface area (Å²) in [7, 11) is -2.60. The molecule has 10 rings (SSSR count). The molecule has 0 fully saturated rings. The van der Waals surface area contributed by atoms with Crippen molar-refractivity contribution in [2.24, 2.45) is 0 Å². The highest BCUT2D eigenvalue weighted by molar-refractivity contribution is 7.69. The fraction of sp³-hybridized carbons (Fsp3) is 0.0968. The zero-order valence-electron chi connectivity index (χ0n) is 37.9. The van der Waals surface area contributed by atoms with Gasteiger partial charge in [-0.05, 0) is 93.7 Å². The molecule has 0 saturated carbocycles. The summed E-state index contributed by atoms with van der Waals surface area (Å²) in [6, 6.07) is 78.6. The van der Waals surface area contributed by atoms with Crippen molar-refractivity contribution in [2.75, 3.05) is 0 Å². The number of hydrogen-bond donors (Lipinski definition) is 0. The molecule has 0 saturated heterocycles. The van der Waals surface area contributed by atoms with Crippen LogP contribution in [-0.4, -0.2) is 0 Å². The van der Waals surface area contributed by atoms with E-state index in [9.17, 15) is 0 Å². The summed E-state index contributed by atoms with van der Waals surface area (Å²) >= 11 is 0. The molecule has 0 amide bonds. The van der Waals surface area contributed by atoms with Crippen LogP contribution in [0.1, 0.15) is 44.5 Å². The molecule has 0 aliphatic carbocycles. The lowest BCUT2D eigenvalue weighted by molar-refractivity contribution is 0.611. The highest BCUT2D eigenvalue weighted by Crippen LogP contribution is 2.53. The minimum Gasteiger partial charge on any atom is -0.464 e. The molecule has 0 heterocycles. The van der Waals surface area contributed by atoms with Gasteiger partial charge in [-0.3, -0.25) is 0 Å². The SMILES string of the molecule is Cc1cc(Cc2cccc3ccccc23)c(OP(c2ccccc2)c2ccccc2)c(-c2c(C)c(C)cc(Cc3cccc4ccccc34)c2OP(c2ccccc2)c2ccccc2)c1C. The van der Waals surface area contributed by atoms with Gasteiger partial charge < -0.3 is 9.05 Å². The second-order valence-electron chi connectivity index (χ2n) is 17.1. The summed E-state index contributed by atoms with van der Waals surface area (Å²) in [5.74, 6) is 1.81. The Morgan fingerprint density at radius 2 is 0.621 bits per heavy atom. The summed E-state index contributed by atoms with van der Waals surface area (Å²) in [4.78, 5) is 0. The van der Waals surface area contributed by atoms with Crippen LogP contribution in [-0.2, 0) is 12.8 Å². The first-order valence-electron chi connectivity index (χ1n) is 22.8. The number of fused-ring (bicyclic) bond motifs is 2. The topological polar surface area (TPSA) is 18.5 Å². The molecule has 0 radical (unpaired) electrons. The van der Waals surface area contributed by atoms with Gasteiger partial charge in [0, 0.05) is 45.2 Å². The van der Waals surface area contributed by atoms with E-state index >= 15 is 0 Å². The van der Waals surface area contributed by atoms with Crippen LogP contribution in [0.5, 0.6) is 11.5 Å². The van der Waals surface area contributed by atoms with Crippen molar-refractivity contribution in [3.63, 3.8) is 0 Å². The van der Waals surface area contributed by atoms with Gasteiger partial charge in [-0.15, -0.1) is 0 Å². The Hall–Kier alpha value is -6.82. The maximum absolute atomic E-state index is 7.88. The van der Waals surface area contributed by atoms with Gasteiger partial charge >= 0.3 is 0 Å². The molecule has 0 aliphatic heterocycles. The van der Waals surface area contributed by atoms with Gasteiger partial charge in [0.1, 0.15) is 11.5 Å². The lowest BCUT2D eigenvalue weighted by Crippen LogP contribution is -2.18. The summed E-state index contributed by atoms with van der Waals surface area (Å²) in [5.41, 5.74) is 11.8. The van der Waals surface area contributed by atoms with E-state index in [1.165, 1.54) is 54.9 Å². The summed E-state index contributed by atoms with van der Waals surface area (Å²) in [5, 5.41) is 9.60. The number of benzene rings is 10. The molecule has 10 aromatic rings. The van der Waals surface area contributed by atoms with Gasteiger partial charge in [0.15, 0.2) is 16.3 Å². The van der Waals surface area contributed by atoms with E-state index < -0.39 is 16.3 Å². The van der Waals surface area contributed by atoms with Crippen LogP contribution in [0.15, 0.2) is 218 Å². The van der Waals surface area contributed by atoms with Crippen molar-refractivity contribution in [1.29, 1.82) is 0 Å². The smallest absolute Gasteiger partial charge is 0.150 e. The highest BCUT2D eigenvalue weighted by Gasteiger charge is 2.30. The lowest BCUT2D eigenvalue weighted by Gasteiger charge is -2.30. The van der Waals surface area contributed by atoms with Crippen LogP contribution in [0.25, 0.3) is 32.7 Å². The van der Waals surface area contributed by atoms with Gasteiger partial charge in [0.2, 0.25) is 0 Å². The Morgan fingerprint density at radius 3 is 0.970 bits per heavy atom. The molecule has 322 valence electrons. The largest absolute Gasteiger partial charge is 0.464 e. The molecular weight excluding hydrogens is 839 g/mol. The Kier molecular flexibility index (Phi) is 12.6. The summed E-state index contributed by atoms with van der Waals surface area (Å²) in [6.45, 7) is 9.07. The fourth-order valence-corrected chi connectivity index (χ4v) is 12.8. The molecule has 4 heteroatoms. The average Bonchev–Trinajstić information content (AvgIpc) is 3.36. The number of rotatable bonds is 13. The zero-order chi connectivity index (χ0) is 45.0. The summed E-state index contributed by atoms with van der Waals surface area (Å²) < 4.78 is 15.8. The third-order valence-corrected chi connectivity index (χ3v) is 16.7. The first-order chi connectivity index (χ1) is 32.4. The Labute approximate surface area is 392 Å². The molecule has 0 N–H and O–H groups in total. The molecular formula is C62H52O2P2. The predicted molar refractivity (Wildman–Crippen MR) is 284 cm³/mol. The molecule has 0 atom stereocenters. The Balaban J connectivity index is 1.28. The molecule has 0 aromatic heterocycles. The normalized spacial score (nSPS) is 11.4. The molecule has 66 heavy (non-hydrogen) atoms. The van der Waals surface area contributed by atoms with Crippen molar-refractivity contribution < 1.29 is 9.05 Å². The molecule has 0 spiro atoms. The van der Waals surface area contributed by atoms with Gasteiger partial charge in [-0.2, -0.15) is 0 Å². The average molecular weight is 891 g/mol. The zero-order valence-corrected chi connectivity index (χ0v) is 39.7. The molecule has 0 aliphatic rings. The van der Waals surface area contributed by atoms with Gasteiger partial charge in [-0.25, -0.2) is 0 Å². The minimum absolute atomic E-state index is 0.697. The fourth-order valence-electron chi connectivity index (χ4n) is 9.25. The van der Waals surface area contributed by atoms with Gasteiger partial charge in [-0.1, -0.05) is 218 Å².